The van der Waals surface area contributed by atoms with E-state index in [1.165, 1.54) is 179 Å². The Morgan fingerprint density at radius 2 is 0.918 bits per heavy atom. The van der Waals surface area contributed by atoms with Crippen molar-refractivity contribution in [2.45, 2.75) is 243 Å². The van der Waals surface area contributed by atoms with Crippen molar-refractivity contribution >= 4 is 5.78 Å². The van der Waals surface area contributed by atoms with Gasteiger partial charge in [-0.3, -0.25) is 0 Å². The lowest BCUT2D eigenvalue weighted by atomic mass is 9.90. The standard InChI is InChI=1S/C33H65NO.C12H26.C2H6/c1-8-10-11-12-13-20-25-33(9-2)26-29(3)21-16-14-17-22-30(4)27-34(7)28-31(5)23-18-15-19-24-32(6)35;1-4-6-7-8-9-10-11-12(3)5-2;1-2/h30-31,33H,3,8-28H2,1-2,4-7H3;12H,4-11H2,1-3H3;1-2H3. The van der Waals surface area contributed by atoms with E-state index < -0.39 is 0 Å². The van der Waals surface area contributed by atoms with Crippen LogP contribution in [0.5, 0.6) is 0 Å². The Labute approximate surface area is 313 Å². The minimum Gasteiger partial charge on any atom is -0.306 e. The van der Waals surface area contributed by atoms with Gasteiger partial charge >= 0.3 is 0 Å². The van der Waals surface area contributed by atoms with Crippen molar-refractivity contribution < 1.29 is 4.79 Å². The molecular formula is C47H97NO. The Bertz CT molecular complexity index is 656. The van der Waals surface area contributed by atoms with E-state index in [1.807, 2.05) is 13.8 Å². The zero-order valence-corrected chi connectivity index (χ0v) is 36.4. The summed E-state index contributed by atoms with van der Waals surface area (Å²) in [5.41, 5.74) is 1.51. The molecule has 0 aromatic carbocycles. The summed E-state index contributed by atoms with van der Waals surface area (Å²) in [5.74, 6) is 3.69. The fourth-order valence-electron chi connectivity index (χ4n) is 7.06. The number of ketones is 1. The third-order valence-corrected chi connectivity index (χ3v) is 10.6. The minimum atomic E-state index is 0.334. The van der Waals surface area contributed by atoms with Crippen molar-refractivity contribution in [2.24, 2.45) is 23.7 Å². The minimum absolute atomic E-state index is 0.334. The summed E-state index contributed by atoms with van der Waals surface area (Å²) in [6.07, 6.45) is 36.1. The number of hydrogen-bond donors (Lipinski definition) is 0. The first-order chi connectivity index (χ1) is 23.6. The van der Waals surface area contributed by atoms with Gasteiger partial charge in [0.15, 0.2) is 0 Å². The highest BCUT2D eigenvalue weighted by Gasteiger charge is 2.11. The first kappa shape index (κ1) is 52.7. The van der Waals surface area contributed by atoms with Crippen LogP contribution in [-0.4, -0.2) is 30.8 Å². The molecule has 0 heterocycles. The van der Waals surface area contributed by atoms with E-state index in [1.54, 1.807) is 6.92 Å². The molecule has 0 aromatic heterocycles. The van der Waals surface area contributed by atoms with Crippen molar-refractivity contribution in [1.29, 1.82) is 0 Å². The Morgan fingerprint density at radius 1 is 0.531 bits per heavy atom. The van der Waals surface area contributed by atoms with Gasteiger partial charge in [0.2, 0.25) is 0 Å². The molecule has 0 fully saturated rings. The number of allylic oxidation sites excluding steroid dienone is 1. The van der Waals surface area contributed by atoms with E-state index in [-0.39, 0.29) is 0 Å². The topological polar surface area (TPSA) is 20.3 Å². The van der Waals surface area contributed by atoms with E-state index in [9.17, 15) is 4.79 Å². The van der Waals surface area contributed by atoms with E-state index >= 15 is 0 Å². The molecule has 0 rings (SSSR count). The van der Waals surface area contributed by atoms with Crippen LogP contribution in [0.2, 0.25) is 0 Å². The van der Waals surface area contributed by atoms with E-state index in [0.29, 0.717) is 5.78 Å². The zero-order chi connectivity index (χ0) is 37.5. The summed E-state index contributed by atoms with van der Waals surface area (Å²) in [6.45, 7) is 29.0. The van der Waals surface area contributed by atoms with E-state index in [4.69, 9.17) is 0 Å². The van der Waals surface area contributed by atoms with Gasteiger partial charge in [0.25, 0.3) is 0 Å². The Morgan fingerprint density at radius 3 is 1.35 bits per heavy atom. The molecule has 2 nitrogen and oxygen atoms in total. The maximum atomic E-state index is 11.0. The highest BCUT2D eigenvalue weighted by Crippen LogP contribution is 2.25. The van der Waals surface area contributed by atoms with Gasteiger partial charge in [-0.15, -0.1) is 0 Å². The lowest BCUT2D eigenvalue weighted by molar-refractivity contribution is -0.117. The Balaban J connectivity index is -0.00000126. The van der Waals surface area contributed by atoms with Crippen molar-refractivity contribution in [2.75, 3.05) is 20.1 Å². The van der Waals surface area contributed by atoms with E-state index in [0.717, 1.165) is 36.5 Å². The second-order valence-electron chi connectivity index (χ2n) is 16.2. The molecule has 4 unspecified atom stereocenters. The van der Waals surface area contributed by atoms with Crippen LogP contribution in [0.15, 0.2) is 12.2 Å². The van der Waals surface area contributed by atoms with Gasteiger partial charge < -0.3 is 9.69 Å². The van der Waals surface area contributed by atoms with Crippen LogP contribution >= 0.6 is 0 Å². The average molecular weight is 692 g/mol. The molecule has 296 valence electrons. The first-order valence-corrected chi connectivity index (χ1v) is 22.4. The first-order valence-electron chi connectivity index (χ1n) is 22.4. The third kappa shape index (κ3) is 43.5. The molecule has 0 aromatic rings. The largest absolute Gasteiger partial charge is 0.306 e. The summed E-state index contributed by atoms with van der Waals surface area (Å²) >= 11 is 0. The molecule has 2 heteroatoms. The average Bonchev–Trinajstić information content (AvgIpc) is 3.07. The van der Waals surface area contributed by atoms with Crippen LogP contribution in [0.4, 0.5) is 0 Å². The normalized spacial score (nSPS) is 13.6. The van der Waals surface area contributed by atoms with Crippen molar-refractivity contribution in [3.05, 3.63) is 12.2 Å². The molecule has 0 N–H and O–H groups in total. The van der Waals surface area contributed by atoms with E-state index in [2.05, 4.69) is 67.0 Å². The Kier molecular flexibility index (Phi) is 45.0. The molecule has 0 radical (unpaired) electrons. The van der Waals surface area contributed by atoms with Crippen LogP contribution in [0.25, 0.3) is 0 Å². The number of unbranched alkanes of at least 4 members (excludes halogenated alkanes) is 14. The van der Waals surface area contributed by atoms with Crippen LogP contribution < -0.4 is 0 Å². The second kappa shape index (κ2) is 41.8. The van der Waals surface area contributed by atoms with Crippen LogP contribution in [0.1, 0.15) is 243 Å². The third-order valence-electron chi connectivity index (χ3n) is 10.6. The maximum Gasteiger partial charge on any atom is 0.129 e. The zero-order valence-electron chi connectivity index (χ0n) is 36.4. The number of carbonyl (C=O) groups excluding carboxylic acids is 1. The molecule has 0 amide bonds. The lowest BCUT2D eigenvalue weighted by Crippen LogP contribution is -2.29. The Hall–Kier alpha value is -0.630. The molecule has 0 bridgehead atoms. The predicted molar refractivity (Wildman–Crippen MR) is 227 cm³/mol. The van der Waals surface area contributed by atoms with Gasteiger partial charge in [0.1, 0.15) is 5.78 Å². The lowest BCUT2D eigenvalue weighted by Gasteiger charge is -2.24. The molecule has 0 aliphatic heterocycles. The van der Waals surface area contributed by atoms with Crippen LogP contribution in [0, 0.1) is 23.7 Å². The number of Topliss-reactive ketones (excluding diaryl/α,β-unsaturated/α-hetero) is 1. The van der Waals surface area contributed by atoms with Crippen LogP contribution in [-0.2, 0) is 4.79 Å². The molecule has 0 spiro atoms. The predicted octanol–water partition coefficient (Wildman–Crippen LogP) is 16.2. The van der Waals surface area contributed by atoms with Gasteiger partial charge in [-0.1, -0.05) is 203 Å². The van der Waals surface area contributed by atoms with Crippen molar-refractivity contribution in [3.8, 4) is 0 Å². The monoisotopic (exact) mass is 692 g/mol. The molecule has 0 saturated heterocycles. The SMILES string of the molecule is C=C(CCCCCC(C)CN(C)CC(C)CCCCCC(C)=O)CC(CC)CCCCCCCC.CC.CCCCCCCCC(C)CC. The van der Waals surface area contributed by atoms with Crippen molar-refractivity contribution in [3.63, 3.8) is 0 Å². The number of carbonyl (C=O) groups is 1. The molecule has 4 atom stereocenters. The summed E-state index contributed by atoms with van der Waals surface area (Å²) in [4.78, 5) is 13.6. The smallest absolute Gasteiger partial charge is 0.129 e. The fraction of sp³-hybridized carbons (Fsp3) is 0.936. The quantitative estimate of drug-likeness (QED) is 0.0494. The molecule has 0 saturated carbocycles. The summed E-state index contributed by atoms with van der Waals surface area (Å²) in [5, 5.41) is 0. The van der Waals surface area contributed by atoms with Crippen LogP contribution in [0.3, 0.4) is 0 Å². The molecular weight excluding hydrogens is 595 g/mol. The summed E-state index contributed by atoms with van der Waals surface area (Å²) < 4.78 is 0. The molecule has 49 heavy (non-hydrogen) atoms. The van der Waals surface area contributed by atoms with Gasteiger partial charge in [-0.25, -0.2) is 0 Å². The fourth-order valence-corrected chi connectivity index (χ4v) is 7.06. The molecule has 0 aliphatic carbocycles. The van der Waals surface area contributed by atoms with Gasteiger partial charge in [0.05, 0.1) is 0 Å². The highest BCUT2D eigenvalue weighted by molar-refractivity contribution is 5.75. The van der Waals surface area contributed by atoms with Crippen molar-refractivity contribution in [1.82, 2.24) is 4.90 Å². The van der Waals surface area contributed by atoms with Gasteiger partial charge in [-0.05, 0) is 76.2 Å². The number of hydrogen-bond acceptors (Lipinski definition) is 2. The van der Waals surface area contributed by atoms with Gasteiger partial charge in [0, 0.05) is 19.5 Å². The maximum absolute atomic E-state index is 11.0. The number of rotatable bonds is 34. The second-order valence-corrected chi connectivity index (χ2v) is 16.2. The highest BCUT2D eigenvalue weighted by atomic mass is 16.1. The summed E-state index contributed by atoms with van der Waals surface area (Å²) in [7, 11) is 2.29. The number of nitrogens with zero attached hydrogens (tertiary/aromatic N) is 1. The van der Waals surface area contributed by atoms with Gasteiger partial charge in [-0.2, -0.15) is 0 Å². The molecule has 0 aliphatic rings. The summed E-state index contributed by atoms with van der Waals surface area (Å²) in [6, 6.07) is 0.